The second-order valence-corrected chi connectivity index (χ2v) is 8.23. The van der Waals surface area contributed by atoms with Gasteiger partial charge in [0.05, 0.1) is 30.3 Å². The maximum absolute atomic E-state index is 13.2. The number of dihydropyridines is 1. The number of carbonyl (C=O) groups excluding carboxylic acids is 3. The van der Waals surface area contributed by atoms with Gasteiger partial charge in [-0.3, -0.25) is 4.79 Å². The summed E-state index contributed by atoms with van der Waals surface area (Å²) in [5, 5.41) is 3.13. The number of fused-ring (bicyclic) bond motifs is 3. The highest BCUT2D eigenvalue weighted by molar-refractivity contribution is 6.22. The fourth-order valence-electron chi connectivity index (χ4n) is 4.58. The van der Waals surface area contributed by atoms with E-state index in [0.29, 0.717) is 39.2 Å². The molecule has 1 N–H and O–H groups in total. The van der Waals surface area contributed by atoms with E-state index in [1.807, 2.05) is 24.3 Å². The van der Waals surface area contributed by atoms with Crippen LogP contribution in [0.4, 0.5) is 0 Å². The van der Waals surface area contributed by atoms with E-state index in [1.54, 1.807) is 45.9 Å². The molecule has 0 radical (unpaired) electrons. The van der Waals surface area contributed by atoms with Gasteiger partial charge in [0.15, 0.2) is 5.78 Å². The number of allylic oxidation sites excluding steroid dienone is 2. The molecular formula is C26H25NO5. The van der Waals surface area contributed by atoms with Crippen LogP contribution in [0.3, 0.4) is 0 Å². The molecule has 0 spiro atoms. The Morgan fingerprint density at radius 2 is 1.47 bits per heavy atom. The molecule has 1 heterocycles. The lowest BCUT2D eigenvalue weighted by Crippen LogP contribution is -2.33. The summed E-state index contributed by atoms with van der Waals surface area (Å²) in [7, 11) is 1.31. The molecule has 32 heavy (non-hydrogen) atoms. The monoisotopic (exact) mass is 431 g/mol. The van der Waals surface area contributed by atoms with Crippen LogP contribution in [0.5, 0.6) is 0 Å². The number of ketones is 1. The minimum Gasteiger partial charge on any atom is -0.466 e. The van der Waals surface area contributed by atoms with E-state index in [4.69, 9.17) is 9.47 Å². The molecule has 2 aromatic carbocycles. The van der Waals surface area contributed by atoms with Crippen molar-refractivity contribution in [3.05, 3.63) is 81.7 Å². The van der Waals surface area contributed by atoms with Crippen molar-refractivity contribution in [3.63, 3.8) is 0 Å². The summed E-state index contributed by atoms with van der Waals surface area (Å²) in [5.41, 5.74) is 5.21. The van der Waals surface area contributed by atoms with Gasteiger partial charge in [-0.2, -0.15) is 0 Å². The SMILES string of the molecule is COC(=O)C1=C(C)NC(C)=C(C(=O)OC(C)C)C1c1cccc2c1-c1ccccc1C2=O. The van der Waals surface area contributed by atoms with E-state index in [1.165, 1.54) is 7.11 Å². The molecule has 1 unspecified atom stereocenters. The quantitative estimate of drug-likeness (QED) is 0.622. The first-order valence-electron chi connectivity index (χ1n) is 10.5. The average molecular weight is 431 g/mol. The van der Waals surface area contributed by atoms with E-state index in [9.17, 15) is 14.4 Å². The molecule has 0 fully saturated rings. The molecule has 164 valence electrons. The molecule has 6 nitrogen and oxygen atoms in total. The third kappa shape index (κ3) is 3.32. The molecule has 1 aliphatic heterocycles. The van der Waals surface area contributed by atoms with Crippen LogP contribution >= 0.6 is 0 Å². The molecule has 0 bridgehead atoms. The first kappa shape index (κ1) is 21.6. The van der Waals surface area contributed by atoms with Gasteiger partial charge in [-0.25, -0.2) is 9.59 Å². The minimum atomic E-state index is -0.746. The van der Waals surface area contributed by atoms with Crippen molar-refractivity contribution in [2.24, 2.45) is 0 Å². The first-order chi connectivity index (χ1) is 15.3. The summed E-state index contributed by atoms with van der Waals surface area (Å²) < 4.78 is 10.6. The van der Waals surface area contributed by atoms with Crippen molar-refractivity contribution < 1.29 is 23.9 Å². The molecule has 0 aromatic heterocycles. The Labute approximate surface area is 186 Å². The Kier molecular flexibility index (Phi) is 5.46. The van der Waals surface area contributed by atoms with Gasteiger partial charge in [-0.1, -0.05) is 42.5 Å². The van der Waals surface area contributed by atoms with Crippen molar-refractivity contribution in [1.82, 2.24) is 5.32 Å². The summed E-state index contributed by atoms with van der Waals surface area (Å²) in [6, 6.07) is 12.8. The average Bonchev–Trinajstić information content (AvgIpc) is 3.05. The minimum absolute atomic E-state index is 0.0706. The van der Waals surface area contributed by atoms with Crippen LogP contribution in [-0.4, -0.2) is 30.9 Å². The lowest BCUT2D eigenvalue weighted by atomic mass is 9.77. The van der Waals surface area contributed by atoms with Gasteiger partial charge in [0.1, 0.15) is 0 Å². The number of ether oxygens (including phenoxy) is 2. The zero-order chi connectivity index (χ0) is 23.2. The van der Waals surface area contributed by atoms with Gasteiger partial charge < -0.3 is 14.8 Å². The topological polar surface area (TPSA) is 81.7 Å². The van der Waals surface area contributed by atoms with Crippen molar-refractivity contribution in [3.8, 4) is 11.1 Å². The summed E-state index contributed by atoms with van der Waals surface area (Å²) in [6.07, 6.45) is -0.333. The molecule has 6 heteroatoms. The number of rotatable bonds is 4. The van der Waals surface area contributed by atoms with E-state index in [0.717, 1.165) is 11.1 Å². The van der Waals surface area contributed by atoms with Crippen LogP contribution < -0.4 is 5.32 Å². The fraction of sp³-hybridized carbons (Fsp3) is 0.269. The summed E-state index contributed by atoms with van der Waals surface area (Å²) in [6.45, 7) is 7.10. The largest absolute Gasteiger partial charge is 0.466 e. The molecule has 1 aliphatic carbocycles. The molecule has 1 atom stereocenters. The van der Waals surface area contributed by atoms with Crippen LogP contribution in [0.2, 0.25) is 0 Å². The zero-order valence-corrected chi connectivity index (χ0v) is 18.7. The maximum atomic E-state index is 13.2. The number of esters is 2. The Morgan fingerprint density at radius 1 is 0.875 bits per heavy atom. The Balaban J connectivity index is 2.01. The van der Waals surface area contributed by atoms with Gasteiger partial charge in [-0.15, -0.1) is 0 Å². The number of benzene rings is 2. The number of carbonyl (C=O) groups is 3. The summed E-state index contributed by atoms with van der Waals surface area (Å²) in [5.74, 6) is -1.88. The highest BCUT2D eigenvalue weighted by atomic mass is 16.5. The van der Waals surface area contributed by atoms with Gasteiger partial charge in [0, 0.05) is 22.5 Å². The van der Waals surface area contributed by atoms with E-state index in [-0.39, 0.29) is 11.9 Å². The second kappa shape index (κ2) is 8.11. The van der Waals surface area contributed by atoms with Crippen LogP contribution in [0, 0.1) is 0 Å². The van der Waals surface area contributed by atoms with E-state index in [2.05, 4.69) is 5.32 Å². The fourth-order valence-corrected chi connectivity index (χ4v) is 4.58. The Morgan fingerprint density at radius 3 is 2.09 bits per heavy atom. The first-order valence-corrected chi connectivity index (χ1v) is 10.5. The third-order valence-corrected chi connectivity index (χ3v) is 5.82. The molecular weight excluding hydrogens is 406 g/mol. The molecule has 0 saturated heterocycles. The lowest BCUT2D eigenvalue weighted by Gasteiger charge is -2.31. The number of hydrogen-bond donors (Lipinski definition) is 1. The zero-order valence-electron chi connectivity index (χ0n) is 18.7. The van der Waals surface area contributed by atoms with Gasteiger partial charge >= 0.3 is 11.9 Å². The molecule has 4 rings (SSSR count). The third-order valence-electron chi connectivity index (χ3n) is 5.82. The number of nitrogens with one attached hydrogen (secondary N) is 1. The smallest absolute Gasteiger partial charge is 0.337 e. The Hall–Kier alpha value is -3.67. The number of methoxy groups -OCH3 is 1. The standard InChI is InChI=1S/C26H25NO5/c1-13(2)32-26(30)21-15(4)27-14(3)20(25(29)31-5)23(21)18-11-8-12-19-22(18)16-9-6-7-10-17(16)24(19)28/h6-13,23,27H,1-5H3. The molecule has 2 aromatic rings. The lowest BCUT2D eigenvalue weighted by molar-refractivity contribution is -0.143. The van der Waals surface area contributed by atoms with Crippen LogP contribution in [-0.2, 0) is 19.1 Å². The van der Waals surface area contributed by atoms with E-state index < -0.39 is 17.9 Å². The highest BCUT2D eigenvalue weighted by Crippen LogP contribution is 2.47. The van der Waals surface area contributed by atoms with Gasteiger partial charge in [0.2, 0.25) is 0 Å². The second-order valence-electron chi connectivity index (χ2n) is 8.23. The molecule has 2 aliphatic rings. The van der Waals surface area contributed by atoms with Crippen LogP contribution in [0.1, 0.15) is 55.1 Å². The maximum Gasteiger partial charge on any atom is 0.337 e. The van der Waals surface area contributed by atoms with Crippen LogP contribution in [0.15, 0.2) is 65.0 Å². The summed E-state index contributed by atoms with van der Waals surface area (Å²) in [4.78, 5) is 39.2. The van der Waals surface area contributed by atoms with Gasteiger partial charge in [0.25, 0.3) is 0 Å². The van der Waals surface area contributed by atoms with Crippen molar-refractivity contribution >= 4 is 17.7 Å². The summed E-state index contributed by atoms with van der Waals surface area (Å²) >= 11 is 0. The highest BCUT2D eigenvalue weighted by Gasteiger charge is 2.41. The Bertz CT molecular complexity index is 1220. The molecule has 0 saturated carbocycles. The van der Waals surface area contributed by atoms with Crippen LogP contribution in [0.25, 0.3) is 11.1 Å². The molecule has 0 amide bonds. The number of hydrogen-bond acceptors (Lipinski definition) is 6. The van der Waals surface area contributed by atoms with Crippen molar-refractivity contribution in [1.29, 1.82) is 0 Å². The van der Waals surface area contributed by atoms with Crippen molar-refractivity contribution in [2.75, 3.05) is 7.11 Å². The van der Waals surface area contributed by atoms with E-state index >= 15 is 0 Å². The normalized spacial score (nSPS) is 17.2. The van der Waals surface area contributed by atoms with Crippen molar-refractivity contribution in [2.45, 2.75) is 39.7 Å². The van der Waals surface area contributed by atoms with Gasteiger partial charge in [-0.05, 0) is 44.4 Å². The predicted octanol–water partition coefficient (Wildman–Crippen LogP) is 4.26. The predicted molar refractivity (Wildman–Crippen MR) is 120 cm³/mol.